The lowest BCUT2D eigenvalue weighted by Crippen LogP contribution is -2.42. The molecule has 1 aliphatic rings. The Morgan fingerprint density at radius 2 is 2.11 bits per heavy atom. The number of esters is 1. The first kappa shape index (κ1) is 13.1. The first-order chi connectivity index (χ1) is 8.76. The molecule has 98 valence electrons. The van der Waals surface area contributed by atoms with Crippen molar-refractivity contribution in [2.24, 2.45) is 0 Å². The third kappa shape index (κ3) is 2.71. The summed E-state index contributed by atoms with van der Waals surface area (Å²) in [6, 6.07) is 9.80. The highest BCUT2D eigenvalue weighted by atomic mass is 16.5. The van der Waals surface area contributed by atoms with E-state index >= 15 is 0 Å². The van der Waals surface area contributed by atoms with Gasteiger partial charge in [-0.05, 0) is 18.4 Å². The van der Waals surface area contributed by atoms with Gasteiger partial charge in [-0.15, -0.1) is 0 Å². The third-order valence-corrected chi connectivity index (χ3v) is 3.53. The van der Waals surface area contributed by atoms with Gasteiger partial charge in [0.15, 0.2) is 0 Å². The van der Waals surface area contributed by atoms with E-state index in [4.69, 9.17) is 4.74 Å². The number of ether oxygens (including phenoxy) is 1. The minimum Gasteiger partial charge on any atom is -0.468 e. The minimum atomic E-state index is -0.229. The Balaban J connectivity index is 2.12. The van der Waals surface area contributed by atoms with Gasteiger partial charge in [-0.3, -0.25) is 9.69 Å². The highest BCUT2D eigenvalue weighted by Gasteiger charge is 2.37. The molecule has 2 rings (SSSR count). The molecule has 2 atom stereocenters. The van der Waals surface area contributed by atoms with E-state index in [9.17, 15) is 9.90 Å². The van der Waals surface area contributed by atoms with Gasteiger partial charge in [-0.2, -0.15) is 0 Å². The zero-order valence-electron chi connectivity index (χ0n) is 10.6. The van der Waals surface area contributed by atoms with Crippen LogP contribution >= 0.6 is 0 Å². The van der Waals surface area contributed by atoms with Crippen LogP contribution < -0.4 is 0 Å². The van der Waals surface area contributed by atoms with Gasteiger partial charge in [-0.1, -0.05) is 30.3 Å². The molecule has 0 radical (unpaired) electrons. The zero-order chi connectivity index (χ0) is 13.0. The monoisotopic (exact) mass is 249 g/mol. The van der Waals surface area contributed by atoms with Crippen molar-refractivity contribution in [3.63, 3.8) is 0 Å². The van der Waals surface area contributed by atoms with Crippen LogP contribution in [0, 0.1) is 0 Å². The average Bonchev–Trinajstić information content (AvgIpc) is 2.82. The molecule has 4 heteroatoms. The number of hydrogen-bond donors (Lipinski definition) is 1. The van der Waals surface area contributed by atoms with E-state index in [0.717, 1.165) is 18.4 Å². The number of likely N-dealkylation sites (tertiary alicyclic amines) is 1. The van der Waals surface area contributed by atoms with Crippen LogP contribution in [0.4, 0.5) is 0 Å². The number of benzene rings is 1. The average molecular weight is 249 g/mol. The van der Waals surface area contributed by atoms with Crippen molar-refractivity contribution in [3.05, 3.63) is 35.9 Å². The van der Waals surface area contributed by atoms with E-state index in [1.165, 1.54) is 7.11 Å². The second-order valence-electron chi connectivity index (χ2n) is 4.61. The summed E-state index contributed by atoms with van der Waals surface area (Å²) in [5, 5.41) is 9.39. The summed E-state index contributed by atoms with van der Waals surface area (Å²) in [5.41, 5.74) is 1.15. The van der Waals surface area contributed by atoms with Gasteiger partial charge in [0, 0.05) is 12.6 Å². The van der Waals surface area contributed by atoms with Gasteiger partial charge in [0.25, 0.3) is 0 Å². The van der Waals surface area contributed by atoms with Gasteiger partial charge in [0.2, 0.25) is 0 Å². The van der Waals surface area contributed by atoms with Crippen molar-refractivity contribution < 1.29 is 14.6 Å². The molecule has 0 bridgehead atoms. The van der Waals surface area contributed by atoms with Crippen molar-refractivity contribution in [3.8, 4) is 0 Å². The molecule has 1 aromatic carbocycles. The Morgan fingerprint density at radius 3 is 2.72 bits per heavy atom. The number of aliphatic hydroxyl groups is 1. The normalized spacial score (nSPS) is 24.1. The van der Waals surface area contributed by atoms with Crippen molar-refractivity contribution in [1.29, 1.82) is 0 Å². The Labute approximate surface area is 107 Å². The number of hydrogen-bond acceptors (Lipinski definition) is 4. The maximum Gasteiger partial charge on any atom is 0.323 e. The molecule has 0 amide bonds. The summed E-state index contributed by atoms with van der Waals surface area (Å²) < 4.78 is 4.83. The standard InChI is InChI=1S/C14H19NO3/c1-18-14(17)13-8-7-12(10-16)15(13)9-11-5-3-2-4-6-11/h2-6,12-13,16H,7-10H2,1H3/t12-,13-/m0/s1. The molecular formula is C14H19NO3. The Morgan fingerprint density at radius 1 is 1.39 bits per heavy atom. The summed E-state index contributed by atoms with van der Waals surface area (Å²) in [6.07, 6.45) is 1.59. The molecule has 1 aliphatic heterocycles. The van der Waals surface area contributed by atoms with E-state index in [2.05, 4.69) is 0 Å². The van der Waals surface area contributed by atoms with Crippen molar-refractivity contribution >= 4 is 5.97 Å². The third-order valence-electron chi connectivity index (χ3n) is 3.53. The Kier molecular flexibility index (Phi) is 4.33. The first-order valence-electron chi connectivity index (χ1n) is 6.24. The fraction of sp³-hybridized carbons (Fsp3) is 0.500. The van der Waals surface area contributed by atoms with E-state index in [1.54, 1.807) is 0 Å². The molecule has 0 unspecified atom stereocenters. The number of methoxy groups -OCH3 is 1. The summed E-state index contributed by atoms with van der Waals surface area (Å²) in [4.78, 5) is 13.8. The van der Waals surface area contributed by atoms with E-state index in [1.807, 2.05) is 35.2 Å². The van der Waals surface area contributed by atoms with Crippen LogP contribution in [0.5, 0.6) is 0 Å². The maximum atomic E-state index is 11.7. The SMILES string of the molecule is COC(=O)[C@@H]1CC[C@@H](CO)N1Cc1ccccc1. The smallest absolute Gasteiger partial charge is 0.323 e. The Hall–Kier alpha value is -1.39. The van der Waals surface area contributed by atoms with Crippen molar-refractivity contribution in [2.45, 2.75) is 31.5 Å². The lowest BCUT2D eigenvalue weighted by Gasteiger charge is -2.27. The molecule has 1 heterocycles. The van der Waals surface area contributed by atoms with Crippen LogP contribution in [0.1, 0.15) is 18.4 Å². The van der Waals surface area contributed by atoms with Crippen LogP contribution in [0.3, 0.4) is 0 Å². The van der Waals surface area contributed by atoms with Crippen LogP contribution in [-0.2, 0) is 16.1 Å². The number of nitrogens with zero attached hydrogens (tertiary/aromatic N) is 1. The zero-order valence-corrected chi connectivity index (χ0v) is 10.6. The number of carbonyl (C=O) groups excluding carboxylic acids is 1. The van der Waals surface area contributed by atoms with Gasteiger partial charge < -0.3 is 9.84 Å². The van der Waals surface area contributed by atoms with E-state index in [0.29, 0.717) is 6.54 Å². The molecule has 1 N–H and O–H groups in total. The largest absolute Gasteiger partial charge is 0.468 e. The molecule has 0 aliphatic carbocycles. The second kappa shape index (κ2) is 5.98. The number of rotatable bonds is 4. The summed E-state index contributed by atoms with van der Waals surface area (Å²) in [5.74, 6) is -0.207. The van der Waals surface area contributed by atoms with Crippen LogP contribution in [0.25, 0.3) is 0 Å². The van der Waals surface area contributed by atoms with Crippen LogP contribution in [0.15, 0.2) is 30.3 Å². The number of carbonyl (C=O) groups is 1. The molecule has 1 fully saturated rings. The Bertz CT molecular complexity index is 393. The highest BCUT2D eigenvalue weighted by molar-refractivity contribution is 5.76. The second-order valence-corrected chi connectivity index (χ2v) is 4.61. The van der Waals surface area contributed by atoms with Crippen molar-refractivity contribution in [1.82, 2.24) is 4.90 Å². The van der Waals surface area contributed by atoms with Gasteiger partial charge in [-0.25, -0.2) is 0 Å². The summed E-state index contributed by atoms with van der Waals surface area (Å²) in [6.45, 7) is 0.756. The van der Waals surface area contributed by atoms with Gasteiger partial charge in [0.05, 0.1) is 13.7 Å². The highest BCUT2D eigenvalue weighted by Crippen LogP contribution is 2.26. The van der Waals surface area contributed by atoms with Gasteiger partial charge in [0.1, 0.15) is 6.04 Å². The molecule has 18 heavy (non-hydrogen) atoms. The lowest BCUT2D eigenvalue weighted by atomic mass is 10.2. The first-order valence-corrected chi connectivity index (χ1v) is 6.24. The topological polar surface area (TPSA) is 49.8 Å². The molecule has 1 saturated heterocycles. The van der Waals surface area contributed by atoms with Gasteiger partial charge >= 0.3 is 5.97 Å². The maximum absolute atomic E-state index is 11.7. The molecule has 0 saturated carbocycles. The van der Waals surface area contributed by atoms with E-state index < -0.39 is 0 Å². The van der Waals surface area contributed by atoms with Crippen molar-refractivity contribution in [2.75, 3.05) is 13.7 Å². The quantitative estimate of drug-likeness (QED) is 0.814. The lowest BCUT2D eigenvalue weighted by molar-refractivity contribution is -0.146. The predicted molar refractivity (Wildman–Crippen MR) is 67.9 cm³/mol. The molecular weight excluding hydrogens is 230 g/mol. The minimum absolute atomic E-state index is 0.0503. The number of aliphatic hydroxyl groups excluding tert-OH is 1. The predicted octanol–water partition coefficient (Wildman–Crippen LogP) is 1.18. The van der Waals surface area contributed by atoms with Crippen LogP contribution in [-0.4, -0.2) is 41.8 Å². The fourth-order valence-electron chi connectivity index (χ4n) is 2.56. The fourth-order valence-corrected chi connectivity index (χ4v) is 2.56. The summed E-state index contributed by atoms with van der Waals surface area (Å²) >= 11 is 0. The molecule has 0 spiro atoms. The summed E-state index contributed by atoms with van der Waals surface area (Å²) in [7, 11) is 1.41. The van der Waals surface area contributed by atoms with Crippen LogP contribution in [0.2, 0.25) is 0 Å². The molecule has 0 aromatic heterocycles. The van der Waals surface area contributed by atoms with E-state index in [-0.39, 0.29) is 24.7 Å². The molecule has 4 nitrogen and oxygen atoms in total. The molecule has 1 aromatic rings.